The maximum absolute atomic E-state index is 5.89. The SMILES string of the molecule is Cc1noc(CCn2c(CCCl)nc3c(C)nn(C)c32)n1. The van der Waals surface area contributed by atoms with Crippen molar-refractivity contribution in [1.82, 2.24) is 29.5 Å². The third-order valence-corrected chi connectivity index (χ3v) is 3.60. The van der Waals surface area contributed by atoms with Crippen LogP contribution in [0.4, 0.5) is 0 Å². The number of hydrogen-bond donors (Lipinski definition) is 0. The van der Waals surface area contributed by atoms with Gasteiger partial charge in [-0.05, 0) is 13.8 Å². The molecule has 0 atom stereocenters. The van der Waals surface area contributed by atoms with Gasteiger partial charge in [-0.1, -0.05) is 5.16 Å². The first kappa shape index (κ1) is 14.1. The van der Waals surface area contributed by atoms with E-state index in [1.807, 2.05) is 25.6 Å². The van der Waals surface area contributed by atoms with Gasteiger partial charge in [0, 0.05) is 32.3 Å². The van der Waals surface area contributed by atoms with E-state index in [2.05, 4.69) is 24.8 Å². The Morgan fingerprint density at radius 1 is 1.19 bits per heavy atom. The molecule has 8 heteroatoms. The smallest absolute Gasteiger partial charge is 0.228 e. The maximum Gasteiger partial charge on any atom is 0.228 e. The summed E-state index contributed by atoms with van der Waals surface area (Å²) in [7, 11) is 1.93. The molecular weight excluding hydrogens is 292 g/mol. The van der Waals surface area contributed by atoms with Crippen LogP contribution in [0.3, 0.4) is 0 Å². The van der Waals surface area contributed by atoms with Crippen molar-refractivity contribution < 1.29 is 4.52 Å². The molecule has 0 aliphatic heterocycles. The van der Waals surface area contributed by atoms with E-state index in [9.17, 15) is 0 Å². The molecular formula is C13H17ClN6O. The molecule has 0 unspecified atom stereocenters. The normalized spacial score (nSPS) is 11.6. The molecule has 0 aromatic carbocycles. The highest BCUT2D eigenvalue weighted by Gasteiger charge is 2.17. The van der Waals surface area contributed by atoms with Crippen LogP contribution in [0.2, 0.25) is 0 Å². The van der Waals surface area contributed by atoms with Crippen LogP contribution in [0.1, 0.15) is 23.2 Å². The monoisotopic (exact) mass is 308 g/mol. The number of aryl methyl sites for hydroxylation is 6. The molecule has 0 aliphatic rings. The van der Waals surface area contributed by atoms with Crippen LogP contribution in [0.15, 0.2) is 4.52 Å². The highest BCUT2D eigenvalue weighted by atomic mass is 35.5. The van der Waals surface area contributed by atoms with E-state index in [0.717, 1.165) is 29.1 Å². The lowest BCUT2D eigenvalue weighted by molar-refractivity contribution is 0.368. The summed E-state index contributed by atoms with van der Waals surface area (Å²) in [4.78, 5) is 8.90. The molecule has 21 heavy (non-hydrogen) atoms. The molecule has 0 saturated carbocycles. The van der Waals surface area contributed by atoms with Crippen LogP contribution in [-0.4, -0.2) is 35.4 Å². The highest BCUT2D eigenvalue weighted by Crippen LogP contribution is 2.20. The Bertz CT molecular complexity index is 771. The first-order chi connectivity index (χ1) is 10.1. The lowest BCUT2D eigenvalue weighted by atomic mass is 10.4. The third kappa shape index (κ3) is 2.53. The number of fused-ring (bicyclic) bond motifs is 1. The summed E-state index contributed by atoms with van der Waals surface area (Å²) in [6.07, 6.45) is 1.38. The van der Waals surface area contributed by atoms with Gasteiger partial charge in [-0.2, -0.15) is 10.1 Å². The summed E-state index contributed by atoms with van der Waals surface area (Å²) >= 11 is 5.89. The topological polar surface area (TPSA) is 74.6 Å². The molecule has 0 bridgehead atoms. The lowest BCUT2D eigenvalue weighted by Crippen LogP contribution is -2.10. The van der Waals surface area contributed by atoms with E-state index in [-0.39, 0.29) is 0 Å². The summed E-state index contributed by atoms with van der Waals surface area (Å²) in [5.74, 6) is 2.78. The fourth-order valence-corrected chi connectivity index (χ4v) is 2.71. The molecule has 3 rings (SSSR count). The molecule has 0 amide bonds. The standard InChI is InChI=1S/C13H17ClN6O/c1-8-12-13(19(3)17-8)20(10(16-12)4-6-14)7-5-11-15-9(2)18-21-11/h4-7H2,1-3H3. The molecule has 3 aromatic rings. The Kier molecular flexibility index (Phi) is 3.67. The van der Waals surface area contributed by atoms with Crippen molar-refractivity contribution in [3.05, 3.63) is 23.2 Å². The fourth-order valence-electron chi connectivity index (χ4n) is 2.54. The molecule has 0 spiro atoms. The number of halogens is 1. The predicted molar refractivity (Wildman–Crippen MR) is 78.4 cm³/mol. The molecule has 0 fully saturated rings. The predicted octanol–water partition coefficient (Wildman–Crippen LogP) is 1.79. The van der Waals surface area contributed by atoms with Crippen LogP contribution in [-0.2, 0) is 26.4 Å². The molecule has 0 N–H and O–H groups in total. The van der Waals surface area contributed by atoms with Crippen molar-refractivity contribution in [1.29, 1.82) is 0 Å². The summed E-state index contributed by atoms with van der Waals surface area (Å²) in [5, 5.41) is 8.23. The van der Waals surface area contributed by atoms with Crippen LogP contribution < -0.4 is 0 Å². The zero-order chi connectivity index (χ0) is 15.0. The van der Waals surface area contributed by atoms with Gasteiger partial charge in [0.15, 0.2) is 11.5 Å². The van der Waals surface area contributed by atoms with E-state index in [1.165, 1.54) is 0 Å². The first-order valence-corrected chi connectivity index (χ1v) is 7.37. The van der Waals surface area contributed by atoms with Gasteiger partial charge in [-0.3, -0.25) is 4.68 Å². The molecule has 7 nitrogen and oxygen atoms in total. The zero-order valence-corrected chi connectivity index (χ0v) is 13.1. The van der Waals surface area contributed by atoms with Gasteiger partial charge in [0.25, 0.3) is 0 Å². The molecule has 0 aliphatic carbocycles. The second kappa shape index (κ2) is 5.48. The van der Waals surface area contributed by atoms with Crippen molar-refractivity contribution in [2.75, 3.05) is 5.88 Å². The van der Waals surface area contributed by atoms with Gasteiger partial charge < -0.3 is 9.09 Å². The third-order valence-electron chi connectivity index (χ3n) is 3.41. The van der Waals surface area contributed by atoms with Gasteiger partial charge >= 0.3 is 0 Å². The average Bonchev–Trinajstić information content (AvgIpc) is 3.07. The summed E-state index contributed by atoms with van der Waals surface area (Å²) in [6.45, 7) is 4.49. The minimum Gasteiger partial charge on any atom is -0.339 e. The number of nitrogens with zero attached hydrogens (tertiary/aromatic N) is 6. The molecule has 3 heterocycles. The van der Waals surface area contributed by atoms with Crippen LogP contribution >= 0.6 is 11.6 Å². The van der Waals surface area contributed by atoms with Crippen molar-refractivity contribution in [3.8, 4) is 0 Å². The van der Waals surface area contributed by atoms with E-state index in [0.29, 0.717) is 30.6 Å². The quantitative estimate of drug-likeness (QED) is 0.672. The Morgan fingerprint density at radius 3 is 2.67 bits per heavy atom. The molecule has 112 valence electrons. The van der Waals surface area contributed by atoms with E-state index in [1.54, 1.807) is 0 Å². The molecule has 0 radical (unpaired) electrons. The summed E-state index contributed by atoms with van der Waals surface area (Å²) in [6, 6.07) is 0. The highest BCUT2D eigenvalue weighted by molar-refractivity contribution is 6.17. The van der Waals surface area contributed by atoms with Gasteiger partial charge in [-0.15, -0.1) is 11.6 Å². The van der Waals surface area contributed by atoms with Gasteiger partial charge in [0.05, 0.1) is 5.69 Å². The minimum absolute atomic E-state index is 0.537. The second-order valence-electron chi connectivity index (χ2n) is 4.99. The van der Waals surface area contributed by atoms with Crippen LogP contribution in [0, 0.1) is 13.8 Å². The molecule has 0 saturated heterocycles. The number of alkyl halides is 1. The van der Waals surface area contributed by atoms with Gasteiger partial charge in [0.1, 0.15) is 11.3 Å². The van der Waals surface area contributed by atoms with Gasteiger partial charge in [0.2, 0.25) is 5.89 Å². The maximum atomic E-state index is 5.89. The van der Waals surface area contributed by atoms with E-state index < -0.39 is 0 Å². The number of hydrogen-bond acceptors (Lipinski definition) is 5. The Morgan fingerprint density at radius 2 is 2.00 bits per heavy atom. The van der Waals surface area contributed by atoms with Crippen molar-refractivity contribution in [3.63, 3.8) is 0 Å². The number of aromatic nitrogens is 6. The fraction of sp³-hybridized carbons (Fsp3) is 0.538. The second-order valence-corrected chi connectivity index (χ2v) is 5.36. The zero-order valence-electron chi connectivity index (χ0n) is 12.3. The van der Waals surface area contributed by atoms with E-state index in [4.69, 9.17) is 16.1 Å². The van der Waals surface area contributed by atoms with Crippen molar-refractivity contribution >= 4 is 22.8 Å². The number of rotatable bonds is 5. The minimum atomic E-state index is 0.537. The Labute approximate surface area is 126 Å². The van der Waals surface area contributed by atoms with Crippen molar-refractivity contribution in [2.45, 2.75) is 33.2 Å². The summed E-state index contributed by atoms with van der Waals surface area (Å²) in [5.41, 5.74) is 2.86. The van der Waals surface area contributed by atoms with Gasteiger partial charge in [-0.25, -0.2) is 4.98 Å². The van der Waals surface area contributed by atoms with Crippen molar-refractivity contribution in [2.24, 2.45) is 7.05 Å². The Balaban J connectivity index is 1.96. The summed E-state index contributed by atoms with van der Waals surface area (Å²) < 4.78 is 9.16. The Hall–Kier alpha value is -1.89. The average molecular weight is 309 g/mol. The van der Waals surface area contributed by atoms with E-state index >= 15 is 0 Å². The number of imidazole rings is 1. The lowest BCUT2D eigenvalue weighted by Gasteiger charge is -2.07. The first-order valence-electron chi connectivity index (χ1n) is 6.84. The largest absolute Gasteiger partial charge is 0.339 e. The molecule has 3 aromatic heterocycles. The van der Waals surface area contributed by atoms with Crippen LogP contribution in [0.5, 0.6) is 0 Å². The van der Waals surface area contributed by atoms with Crippen LogP contribution in [0.25, 0.3) is 11.2 Å².